The Morgan fingerprint density at radius 1 is 1.47 bits per heavy atom. The van der Waals surface area contributed by atoms with Gasteiger partial charge in [0.25, 0.3) is 6.43 Å². The van der Waals surface area contributed by atoms with Crippen LogP contribution in [0, 0.1) is 5.82 Å². The van der Waals surface area contributed by atoms with Gasteiger partial charge in [-0.2, -0.15) is 0 Å². The lowest BCUT2D eigenvalue weighted by Crippen LogP contribution is -2.27. The van der Waals surface area contributed by atoms with Gasteiger partial charge in [0.15, 0.2) is 0 Å². The fourth-order valence-corrected chi connectivity index (χ4v) is 1.50. The molecule has 3 nitrogen and oxygen atoms in total. The first-order valence-electron chi connectivity index (χ1n) is 5.39. The SMILES string of the molecule is CCNCc1cc(F)cnc1N(C)CC(F)F. The van der Waals surface area contributed by atoms with Crippen molar-refractivity contribution in [3.8, 4) is 0 Å². The van der Waals surface area contributed by atoms with Crippen LogP contribution in [0.25, 0.3) is 0 Å². The van der Waals surface area contributed by atoms with Crippen LogP contribution < -0.4 is 10.2 Å². The van der Waals surface area contributed by atoms with Crippen LogP contribution in [-0.4, -0.2) is 31.5 Å². The number of halogens is 3. The van der Waals surface area contributed by atoms with Crippen molar-refractivity contribution < 1.29 is 13.2 Å². The molecule has 1 aromatic heterocycles. The Morgan fingerprint density at radius 3 is 2.76 bits per heavy atom. The second-order valence-electron chi connectivity index (χ2n) is 3.69. The molecule has 17 heavy (non-hydrogen) atoms. The van der Waals surface area contributed by atoms with E-state index in [2.05, 4.69) is 10.3 Å². The summed E-state index contributed by atoms with van der Waals surface area (Å²) >= 11 is 0. The molecule has 0 unspecified atom stereocenters. The molecule has 0 spiro atoms. The molecule has 1 aromatic rings. The van der Waals surface area contributed by atoms with Gasteiger partial charge in [-0.3, -0.25) is 0 Å². The lowest BCUT2D eigenvalue weighted by atomic mass is 10.2. The van der Waals surface area contributed by atoms with Crippen LogP contribution >= 0.6 is 0 Å². The molecule has 0 aliphatic carbocycles. The first kappa shape index (κ1) is 13.8. The molecule has 0 bridgehead atoms. The number of alkyl halides is 2. The lowest BCUT2D eigenvalue weighted by Gasteiger charge is -2.20. The Hall–Kier alpha value is -1.30. The molecule has 0 aliphatic heterocycles. The fraction of sp³-hybridized carbons (Fsp3) is 0.545. The fourth-order valence-electron chi connectivity index (χ4n) is 1.50. The van der Waals surface area contributed by atoms with E-state index in [4.69, 9.17) is 0 Å². The number of nitrogens with zero attached hydrogens (tertiary/aromatic N) is 2. The molecule has 0 radical (unpaired) electrons. The molecule has 1 heterocycles. The smallest absolute Gasteiger partial charge is 0.255 e. The second-order valence-corrected chi connectivity index (χ2v) is 3.69. The zero-order valence-electron chi connectivity index (χ0n) is 9.88. The lowest BCUT2D eigenvalue weighted by molar-refractivity contribution is 0.156. The summed E-state index contributed by atoms with van der Waals surface area (Å²) in [6.07, 6.45) is -1.41. The zero-order chi connectivity index (χ0) is 12.8. The van der Waals surface area contributed by atoms with Gasteiger partial charge in [0.05, 0.1) is 12.7 Å². The summed E-state index contributed by atoms with van der Waals surface area (Å²) in [7, 11) is 1.52. The first-order valence-corrected chi connectivity index (χ1v) is 5.39. The standard InChI is InChI=1S/C11H16F3N3/c1-3-15-5-8-4-9(12)6-16-11(8)17(2)7-10(13)14/h4,6,10,15H,3,5,7H2,1-2H3. The van der Waals surface area contributed by atoms with Crippen molar-refractivity contribution in [1.29, 1.82) is 0 Å². The van der Waals surface area contributed by atoms with Gasteiger partial charge in [0, 0.05) is 19.2 Å². The van der Waals surface area contributed by atoms with Crippen LogP contribution in [0.4, 0.5) is 19.0 Å². The number of pyridine rings is 1. The molecule has 0 atom stereocenters. The number of hydrogen-bond acceptors (Lipinski definition) is 3. The summed E-state index contributed by atoms with van der Waals surface area (Å²) in [6.45, 7) is 2.62. The normalized spacial score (nSPS) is 10.9. The van der Waals surface area contributed by atoms with Crippen molar-refractivity contribution in [3.05, 3.63) is 23.6 Å². The monoisotopic (exact) mass is 247 g/mol. The van der Waals surface area contributed by atoms with E-state index in [0.717, 1.165) is 6.20 Å². The van der Waals surface area contributed by atoms with E-state index in [9.17, 15) is 13.2 Å². The van der Waals surface area contributed by atoms with Gasteiger partial charge >= 0.3 is 0 Å². The van der Waals surface area contributed by atoms with Crippen molar-refractivity contribution in [2.45, 2.75) is 19.9 Å². The summed E-state index contributed by atoms with van der Waals surface area (Å²) in [5, 5.41) is 3.02. The van der Waals surface area contributed by atoms with E-state index in [1.54, 1.807) is 0 Å². The van der Waals surface area contributed by atoms with E-state index < -0.39 is 18.8 Å². The summed E-state index contributed by atoms with van der Waals surface area (Å²) in [5.74, 6) is -0.0836. The molecular formula is C11H16F3N3. The third-order valence-corrected chi connectivity index (χ3v) is 2.25. The molecule has 0 fully saturated rings. The van der Waals surface area contributed by atoms with Gasteiger partial charge in [0.1, 0.15) is 11.6 Å². The van der Waals surface area contributed by atoms with Gasteiger partial charge in [0.2, 0.25) is 0 Å². The van der Waals surface area contributed by atoms with Gasteiger partial charge in [-0.1, -0.05) is 6.92 Å². The van der Waals surface area contributed by atoms with E-state index in [0.29, 0.717) is 24.5 Å². The van der Waals surface area contributed by atoms with Gasteiger partial charge < -0.3 is 10.2 Å². The minimum Gasteiger partial charge on any atom is -0.354 e. The quantitative estimate of drug-likeness (QED) is 0.833. The highest BCUT2D eigenvalue weighted by molar-refractivity contribution is 5.46. The van der Waals surface area contributed by atoms with Gasteiger partial charge in [-0.05, 0) is 12.6 Å². The maximum atomic E-state index is 13.0. The molecule has 1 N–H and O–H groups in total. The topological polar surface area (TPSA) is 28.2 Å². The van der Waals surface area contributed by atoms with Crippen LogP contribution in [0.15, 0.2) is 12.3 Å². The van der Waals surface area contributed by atoms with Crippen LogP contribution in [0.3, 0.4) is 0 Å². The Balaban J connectivity index is 2.88. The zero-order valence-corrected chi connectivity index (χ0v) is 9.88. The van der Waals surface area contributed by atoms with Crippen molar-refractivity contribution in [1.82, 2.24) is 10.3 Å². The first-order chi connectivity index (χ1) is 8.04. The van der Waals surface area contributed by atoms with Crippen molar-refractivity contribution in [2.24, 2.45) is 0 Å². The number of anilines is 1. The molecule has 96 valence electrons. The Bertz CT molecular complexity index is 358. The van der Waals surface area contributed by atoms with E-state index in [1.807, 2.05) is 6.92 Å². The van der Waals surface area contributed by atoms with Gasteiger partial charge in [-0.25, -0.2) is 18.2 Å². The highest BCUT2D eigenvalue weighted by atomic mass is 19.3. The van der Waals surface area contributed by atoms with E-state index >= 15 is 0 Å². The molecular weight excluding hydrogens is 231 g/mol. The molecule has 0 aromatic carbocycles. The van der Waals surface area contributed by atoms with Crippen LogP contribution in [0.2, 0.25) is 0 Å². The third kappa shape index (κ3) is 4.22. The molecule has 0 aliphatic rings. The predicted molar refractivity (Wildman–Crippen MR) is 60.8 cm³/mol. The Morgan fingerprint density at radius 2 is 2.18 bits per heavy atom. The summed E-state index contributed by atoms with van der Waals surface area (Å²) in [5.41, 5.74) is 0.579. The Labute approximate surface area is 98.6 Å². The van der Waals surface area contributed by atoms with Crippen molar-refractivity contribution in [3.63, 3.8) is 0 Å². The summed E-state index contributed by atoms with van der Waals surface area (Å²) in [6, 6.07) is 1.31. The number of hydrogen-bond donors (Lipinski definition) is 1. The maximum absolute atomic E-state index is 13.0. The highest BCUT2D eigenvalue weighted by Crippen LogP contribution is 2.18. The summed E-state index contributed by atoms with van der Waals surface area (Å²) < 4.78 is 37.6. The van der Waals surface area contributed by atoms with Crippen LogP contribution in [-0.2, 0) is 6.54 Å². The molecule has 0 saturated carbocycles. The van der Waals surface area contributed by atoms with E-state index in [1.165, 1.54) is 18.0 Å². The number of nitrogens with one attached hydrogen (secondary N) is 1. The van der Waals surface area contributed by atoms with Crippen molar-refractivity contribution in [2.75, 3.05) is 25.0 Å². The second kappa shape index (κ2) is 6.44. The molecule has 6 heteroatoms. The average molecular weight is 247 g/mol. The maximum Gasteiger partial charge on any atom is 0.255 e. The van der Waals surface area contributed by atoms with Crippen LogP contribution in [0.1, 0.15) is 12.5 Å². The van der Waals surface area contributed by atoms with Crippen LogP contribution in [0.5, 0.6) is 0 Å². The Kier molecular flexibility index (Phi) is 5.21. The van der Waals surface area contributed by atoms with E-state index in [-0.39, 0.29) is 0 Å². The predicted octanol–water partition coefficient (Wildman–Crippen LogP) is 2.03. The third-order valence-electron chi connectivity index (χ3n) is 2.25. The number of rotatable bonds is 6. The number of aromatic nitrogens is 1. The summed E-state index contributed by atoms with van der Waals surface area (Å²) in [4.78, 5) is 5.19. The molecule has 0 amide bonds. The molecule has 1 rings (SSSR count). The van der Waals surface area contributed by atoms with Gasteiger partial charge in [-0.15, -0.1) is 0 Å². The minimum atomic E-state index is -2.45. The molecule has 0 saturated heterocycles. The van der Waals surface area contributed by atoms with Crippen molar-refractivity contribution >= 4 is 5.82 Å². The average Bonchev–Trinajstić information content (AvgIpc) is 2.25. The highest BCUT2D eigenvalue weighted by Gasteiger charge is 2.14. The minimum absolute atomic E-state index is 0.382. The largest absolute Gasteiger partial charge is 0.354 e.